The van der Waals surface area contributed by atoms with Crippen LogP contribution < -0.4 is 9.47 Å². The molecule has 1 aromatic rings. The van der Waals surface area contributed by atoms with Crippen LogP contribution in [0.1, 0.15) is 25.7 Å². The quantitative estimate of drug-likeness (QED) is 0.717. The van der Waals surface area contributed by atoms with E-state index >= 15 is 0 Å². The molecule has 2 saturated carbocycles. The van der Waals surface area contributed by atoms with Gasteiger partial charge in [-0.05, 0) is 43.2 Å². The molecule has 84 valence electrons. The Bertz CT molecular complexity index is 390. The first-order valence-corrected chi connectivity index (χ1v) is 6.32. The van der Waals surface area contributed by atoms with Crippen LogP contribution in [-0.2, 0) is 0 Å². The van der Waals surface area contributed by atoms with Crippen molar-refractivity contribution in [3.05, 3.63) is 24.3 Å². The van der Waals surface area contributed by atoms with Gasteiger partial charge in [0.1, 0.15) is 0 Å². The van der Waals surface area contributed by atoms with E-state index < -0.39 is 0 Å². The second kappa shape index (κ2) is 3.16. The van der Waals surface area contributed by atoms with Crippen LogP contribution in [0, 0.1) is 17.8 Å². The fourth-order valence-corrected chi connectivity index (χ4v) is 3.72. The van der Waals surface area contributed by atoms with E-state index in [1.54, 1.807) is 0 Å². The first-order chi connectivity index (χ1) is 7.90. The molecule has 3 atom stereocenters. The normalized spacial score (nSPS) is 35.9. The van der Waals surface area contributed by atoms with Crippen molar-refractivity contribution >= 4 is 0 Å². The number of rotatable bonds is 1. The van der Waals surface area contributed by atoms with E-state index in [9.17, 15) is 0 Å². The monoisotopic (exact) mass is 216 g/mol. The number of hydrogen-bond acceptors (Lipinski definition) is 2. The van der Waals surface area contributed by atoms with Crippen molar-refractivity contribution in [1.29, 1.82) is 0 Å². The SMILES string of the molecule is c1ccc2c(c1)OC(C1CC3CCC1C3)O2. The minimum atomic E-state index is -0.00676. The summed E-state index contributed by atoms with van der Waals surface area (Å²) in [6.07, 6.45) is 5.52. The average Bonchev–Trinajstić information content (AvgIpc) is 3.02. The molecule has 3 aliphatic rings. The zero-order valence-electron chi connectivity index (χ0n) is 9.26. The highest BCUT2D eigenvalue weighted by molar-refractivity contribution is 5.41. The maximum absolute atomic E-state index is 5.92. The fraction of sp³-hybridized carbons (Fsp3) is 0.571. The molecule has 1 aliphatic heterocycles. The van der Waals surface area contributed by atoms with E-state index in [4.69, 9.17) is 9.47 Å². The van der Waals surface area contributed by atoms with Gasteiger partial charge < -0.3 is 9.47 Å². The van der Waals surface area contributed by atoms with Crippen LogP contribution >= 0.6 is 0 Å². The van der Waals surface area contributed by atoms with Crippen LogP contribution in [0.4, 0.5) is 0 Å². The molecule has 0 saturated heterocycles. The van der Waals surface area contributed by atoms with Gasteiger partial charge in [0.15, 0.2) is 11.5 Å². The highest BCUT2D eigenvalue weighted by atomic mass is 16.7. The van der Waals surface area contributed by atoms with Crippen molar-refractivity contribution in [1.82, 2.24) is 0 Å². The topological polar surface area (TPSA) is 18.5 Å². The Morgan fingerprint density at radius 1 is 0.938 bits per heavy atom. The van der Waals surface area contributed by atoms with Gasteiger partial charge in [0.05, 0.1) is 0 Å². The van der Waals surface area contributed by atoms with E-state index in [0.29, 0.717) is 5.92 Å². The van der Waals surface area contributed by atoms with Crippen molar-refractivity contribution in [3.63, 3.8) is 0 Å². The lowest BCUT2D eigenvalue weighted by atomic mass is 9.88. The highest BCUT2D eigenvalue weighted by Gasteiger charge is 2.46. The first kappa shape index (κ1) is 8.91. The standard InChI is InChI=1S/C14H16O2/c1-2-4-13-12(3-1)15-14(16-13)11-8-9-5-6-10(11)7-9/h1-4,9-11,14H,5-8H2. The Morgan fingerprint density at radius 2 is 1.69 bits per heavy atom. The van der Waals surface area contributed by atoms with Gasteiger partial charge in [-0.1, -0.05) is 18.6 Å². The second-order valence-electron chi connectivity index (χ2n) is 5.39. The predicted octanol–water partition coefficient (Wildman–Crippen LogP) is 3.22. The number of hydrogen-bond donors (Lipinski definition) is 0. The zero-order chi connectivity index (χ0) is 10.5. The van der Waals surface area contributed by atoms with Gasteiger partial charge in [-0.25, -0.2) is 0 Å². The third-order valence-corrected chi connectivity index (χ3v) is 4.48. The van der Waals surface area contributed by atoms with E-state index in [2.05, 4.69) is 0 Å². The molecule has 0 N–H and O–H groups in total. The average molecular weight is 216 g/mol. The largest absolute Gasteiger partial charge is 0.451 e. The summed E-state index contributed by atoms with van der Waals surface area (Å²) in [7, 11) is 0. The van der Waals surface area contributed by atoms with E-state index in [1.807, 2.05) is 24.3 Å². The molecule has 2 nitrogen and oxygen atoms in total. The van der Waals surface area contributed by atoms with Gasteiger partial charge in [0.2, 0.25) is 6.29 Å². The lowest BCUT2D eigenvalue weighted by molar-refractivity contribution is -0.0246. The number of ether oxygens (including phenoxy) is 2. The van der Waals surface area contributed by atoms with Crippen molar-refractivity contribution < 1.29 is 9.47 Å². The minimum Gasteiger partial charge on any atom is -0.451 e. The van der Waals surface area contributed by atoms with Crippen molar-refractivity contribution in [2.24, 2.45) is 17.8 Å². The summed E-state index contributed by atoms with van der Waals surface area (Å²) in [6, 6.07) is 8.02. The molecule has 2 fully saturated rings. The molecule has 2 aliphatic carbocycles. The molecule has 0 aromatic heterocycles. The van der Waals surface area contributed by atoms with E-state index in [0.717, 1.165) is 23.3 Å². The summed E-state index contributed by atoms with van der Waals surface area (Å²) in [5.41, 5.74) is 0. The van der Waals surface area contributed by atoms with Gasteiger partial charge in [-0.3, -0.25) is 0 Å². The Hall–Kier alpha value is -1.18. The Kier molecular flexibility index (Phi) is 1.76. The fourth-order valence-electron chi connectivity index (χ4n) is 3.72. The van der Waals surface area contributed by atoms with Crippen LogP contribution in [0.15, 0.2) is 24.3 Å². The summed E-state index contributed by atoms with van der Waals surface area (Å²) >= 11 is 0. The number of benzene rings is 1. The summed E-state index contributed by atoms with van der Waals surface area (Å²) < 4.78 is 11.8. The maximum atomic E-state index is 5.92. The smallest absolute Gasteiger partial charge is 0.244 e. The van der Waals surface area contributed by atoms with Gasteiger partial charge in [0, 0.05) is 5.92 Å². The predicted molar refractivity (Wildman–Crippen MR) is 60.4 cm³/mol. The molecule has 2 heteroatoms. The second-order valence-corrected chi connectivity index (χ2v) is 5.39. The molecule has 0 amide bonds. The third kappa shape index (κ3) is 1.19. The molecule has 0 radical (unpaired) electrons. The molecule has 1 heterocycles. The van der Waals surface area contributed by atoms with Gasteiger partial charge in [-0.2, -0.15) is 0 Å². The summed E-state index contributed by atoms with van der Waals surface area (Å²) in [4.78, 5) is 0. The lowest BCUT2D eigenvalue weighted by Gasteiger charge is -2.25. The van der Waals surface area contributed by atoms with Crippen molar-refractivity contribution in [3.8, 4) is 11.5 Å². The Morgan fingerprint density at radius 3 is 2.25 bits per heavy atom. The van der Waals surface area contributed by atoms with Crippen LogP contribution in [0.3, 0.4) is 0 Å². The number of fused-ring (bicyclic) bond motifs is 3. The maximum Gasteiger partial charge on any atom is 0.244 e. The van der Waals surface area contributed by atoms with Crippen LogP contribution in [-0.4, -0.2) is 6.29 Å². The van der Waals surface area contributed by atoms with Gasteiger partial charge in [-0.15, -0.1) is 0 Å². The summed E-state index contributed by atoms with van der Waals surface area (Å²) in [5, 5.41) is 0. The van der Waals surface area contributed by atoms with Gasteiger partial charge in [0.25, 0.3) is 0 Å². The highest BCUT2D eigenvalue weighted by Crippen LogP contribution is 2.52. The summed E-state index contributed by atoms with van der Waals surface area (Å²) in [6.45, 7) is 0. The number of para-hydroxylation sites is 2. The Balaban J connectivity index is 1.56. The molecular formula is C14H16O2. The molecule has 0 spiro atoms. The van der Waals surface area contributed by atoms with E-state index in [1.165, 1.54) is 25.7 Å². The molecule has 16 heavy (non-hydrogen) atoms. The first-order valence-electron chi connectivity index (χ1n) is 6.32. The van der Waals surface area contributed by atoms with Crippen LogP contribution in [0.2, 0.25) is 0 Å². The van der Waals surface area contributed by atoms with Crippen molar-refractivity contribution in [2.75, 3.05) is 0 Å². The minimum absolute atomic E-state index is 0.00676. The molecule has 3 unspecified atom stereocenters. The summed E-state index contributed by atoms with van der Waals surface area (Å²) in [5.74, 6) is 4.28. The zero-order valence-corrected chi connectivity index (χ0v) is 9.26. The molecule has 4 rings (SSSR count). The van der Waals surface area contributed by atoms with Crippen LogP contribution in [0.5, 0.6) is 11.5 Å². The molecule has 1 aromatic carbocycles. The van der Waals surface area contributed by atoms with Gasteiger partial charge >= 0.3 is 0 Å². The Labute approximate surface area is 95.6 Å². The van der Waals surface area contributed by atoms with Crippen LogP contribution in [0.25, 0.3) is 0 Å². The lowest BCUT2D eigenvalue weighted by Crippen LogP contribution is -2.32. The van der Waals surface area contributed by atoms with E-state index in [-0.39, 0.29) is 6.29 Å². The molecular weight excluding hydrogens is 200 g/mol. The third-order valence-electron chi connectivity index (χ3n) is 4.48. The van der Waals surface area contributed by atoms with Crippen molar-refractivity contribution in [2.45, 2.75) is 32.0 Å². The molecule has 2 bridgehead atoms.